The van der Waals surface area contributed by atoms with Gasteiger partial charge in [0.05, 0.1) is 5.69 Å². The molecular weight excluding hydrogens is 685 g/mol. The number of benzene rings is 9. The maximum absolute atomic E-state index is 2.42. The van der Waals surface area contributed by atoms with Crippen molar-refractivity contribution in [3.8, 4) is 21.6 Å². The van der Waals surface area contributed by atoms with Gasteiger partial charge in [0.25, 0.3) is 0 Å². The summed E-state index contributed by atoms with van der Waals surface area (Å²) in [7, 11) is 0. The molecule has 260 valence electrons. The Morgan fingerprint density at radius 1 is 0.291 bits per heavy atom. The monoisotopic (exact) mass is 720 g/mol. The topological polar surface area (TPSA) is 6.48 Å². The third-order valence-electron chi connectivity index (χ3n) is 10.4. The summed E-state index contributed by atoms with van der Waals surface area (Å²) in [5.41, 5.74) is 10.6. The van der Waals surface area contributed by atoms with Gasteiger partial charge in [-0.2, -0.15) is 0 Å². The van der Waals surface area contributed by atoms with Crippen LogP contribution in [0.25, 0.3) is 53.2 Å². The van der Waals surface area contributed by atoms with E-state index in [0.717, 1.165) is 28.4 Å². The van der Waals surface area contributed by atoms with Crippen molar-refractivity contribution in [2.24, 2.45) is 0 Å². The Balaban J connectivity index is 1.27. The van der Waals surface area contributed by atoms with Crippen LogP contribution < -0.4 is 9.80 Å². The number of rotatable bonds is 8. The Kier molecular flexibility index (Phi) is 8.40. The minimum atomic E-state index is 1.12. The van der Waals surface area contributed by atoms with Crippen molar-refractivity contribution in [1.82, 2.24) is 0 Å². The molecule has 0 bridgehead atoms. The molecule has 2 nitrogen and oxygen atoms in total. The van der Waals surface area contributed by atoms with Gasteiger partial charge in [-0.15, -0.1) is 11.3 Å². The van der Waals surface area contributed by atoms with Gasteiger partial charge in [-0.1, -0.05) is 158 Å². The van der Waals surface area contributed by atoms with Crippen molar-refractivity contribution in [3.63, 3.8) is 0 Å². The van der Waals surface area contributed by atoms with Crippen molar-refractivity contribution in [2.75, 3.05) is 9.80 Å². The predicted octanol–water partition coefficient (Wildman–Crippen LogP) is 15.5. The van der Waals surface area contributed by atoms with Crippen LogP contribution in [0.4, 0.5) is 34.1 Å². The minimum Gasteiger partial charge on any atom is -0.310 e. The highest BCUT2D eigenvalue weighted by Gasteiger charge is 2.25. The molecule has 55 heavy (non-hydrogen) atoms. The Morgan fingerprint density at radius 2 is 0.691 bits per heavy atom. The van der Waals surface area contributed by atoms with Gasteiger partial charge in [0.1, 0.15) is 0 Å². The van der Waals surface area contributed by atoms with E-state index in [1.165, 1.54) is 58.9 Å². The Morgan fingerprint density at radius 3 is 1.16 bits per heavy atom. The number of hydrogen-bond donors (Lipinski definition) is 0. The fourth-order valence-electron chi connectivity index (χ4n) is 8.05. The zero-order chi connectivity index (χ0) is 36.6. The fourth-order valence-corrected chi connectivity index (χ4v) is 9.38. The van der Waals surface area contributed by atoms with Crippen LogP contribution in [-0.4, -0.2) is 0 Å². The van der Waals surface area contributed by atoms with E-state index in [1.54, 1.807) is 0 Å². The number of para-hydroxylation sites is 4. The van der Waals surface area contributed by atoms with Gasteiger partial charge < -0.3 is 9.80 Å². The minimum absolute atomic E-state index is 1.12. The van der Waals surface area contributed by atoms with Gasteiger partial charge in [0.15, 0.2) is 0 Å². The van der Waals surface area contributed by atoms with Crippen LogP contribution in [0.5, 0.6) is 0 Å². The summed E-state index contributed by atoms with van der Waals surface area (Å²) in [5, 5.41) is 6.13. The fraction of sp³-hybridized carbons (Fsp3) is 0. The highest BCUT2D eigenvalue weighted by Crippen LogP contribution is 2.53. The second-order valence-electron chi connectivity index (χ2n) is 13.7. The lowest BCUT2D eigenvalue weighted by Gasteiger charge is -2.29. The first kappa shape index (κ1) is 32.7. The molecule has 3 heteroatoms. The molecular formula is C52H36N2S. The molecule has 0 unspecified atom stereocenters. The van der Waals surface area contributed by atoms with E-state index in [2.05, 4.69) is 228 Å². The number of thiophene rings is 1. The third kappa shape index (κ3) is 5.83. The number of nitrogens with zero attached hydrogens (tertiary/aromatic N) is 2. The SMILES string of the molecule is c1ccc(-c2c(-c3c4ccccc4c(N(c4ccccc4)c4ccccc4)c4ccccc34)sc3cc(N(c4ccccc4)c4ccccc4)ccc23)cc1. The number of hydrogen-bond acceptors (Lipinski definition) is 3. The van der Waals surface area contributed by atoms with Crippen molar-refractivity contribution < 1.29 is 0 Å². The molecule has 10 rings (SSSR count). The van der Waals surface area contributed by atoms with Crippen LogP contribution in [0, 0.1) is 0 Å². The normalized spacial score (nSPS) is 11.3. The van der Waals surface area contributed by atoms with Crippen LogP contribution in [-0.2, 0) is 0 Å². The maximum Gasteiger partial charge on any atom is 0.0618 e. The van der Waals surface area contributed by atoms with Crippen LogP contribution in [0.15, 0.2) is 218 Å². The quantitative estimate of drug-likeness (QED) is 0.144. The first-order valence-electron chi connectivity index (χ1n) is 18.7. The molecule has 10 aromatic rings. The summed E-state index contributed by atoms with van der Waals surface area (Å²) in [4.78, 5) is 6.04. The second kappa shape index (κ2) is 14.1. The summed E-state index contributed by atoms with van der Waals surface area (Å²) < 4.78 is 1.25. The number of fused-ring (bicyclic) bond motifs is 3. The van der Waals surface area contributed by atoms with Gasteiger partial charge in [-0.3, -0.25) is 0 Å². The molecule has 0 amide bonds. The smallest absolute Gasteiger partial charge is 0.0618 e. The van der Waals surface area contributed by atoms with Gasteiger partial charge in [-0.25, -0.2) is 0 Å². The lowest BCUT2D eigenvalue weighted by Crippen LogP contribution is -2.11. The van der Waals surface area contributed by atoms with Crippen LogP contribution in [0.3, 0.4) is 0 Å². The third-order valence-corrected chi connectivity index (χ3v) is 11.6. The van der Waals surface area contributed by atoms with E-state index in [-0.39, 0.29) is 0 Å². The molecule has 0 radical (unpaired) electrons. The van der Waals surface area contributed by atoms with E-state index in [4.69, 9.17) is 0 Å². The second-order valence-corrected chi connectivity index (χ2v) is 14.7. The molecule has 0 aliphatic carbocycles. The van der Waals surface area contributed by atoms with Gasteiger partial charge in [-0.05, 0) is 77.0 Å². The summed E-state index contributed by atoms with van der Waals surface area (Å²) in [6, 6.07) is 78.6. The van der Waals surface area contributed by atoms with Crippen molar-refractivity contribution in [2.45, 2.75) is 0 Å². The molecule has 0 aliphatic rings. The van der Waals surface area contributed by atoms with E-state index in [9.17, 15) is 0 Å². The molecule has 0 aliphatic heterocycles. The van der Waals surface area contributed by atoms with E-state index in [0.29, 0.717) is 0 Å². The van der Waals surface area contributed by atoms with Gasteiger partial charge in [0, 0.05) is 65.3 Å². The Hall–Kier alpha value is -6.94. The lowest BCUT2D eigenvalue weighted by atomic mass is 9.90. The zero-order valence-corrected chi connectivity index (χ0v) is 30.9. The first-order chi connectivity index (χ1) is 27.3. The van der Waals surface area contributed by atoms with E-state index in [1.807, 2.05) is 11.3 Å². The largest absolute Gasteiger partial charge is 0.310 e. The molecule has 9 aromatic carbocycles. The van der Waals surface area contributed by atoms with Crippen molar-refractivity contribution in [3.05, 3.63) is 218 Å². The highest BCUT2D eigenvalue weighted by molar-refractivity contribution is 7.23. The summed E-state index contributed by atoms with van der Waals surface area (Å²) >= 11 is 1.89. The van der Waals surface area contributed by atoms with Crippen molar-refractivity contribution in [1.29, 1.82) is 0 Å². The van der Waals surface area contributed by atoms with E-state index < -0.39 is 0 Å². The Labute approximate surface area is 325 Å². The predicted molar refractivity (Wildman–Crippen MR) is 237 cm³/mol. The molecule has 1 aromatic heterocycles. The average molecular weight is 721 g/mol. The average Bonchev–Trinajstić information content (AvgIpc) is 3.64. The van der Waals surface area contributed by atoms with Crippen LogP contribution in [0.1, 0.15) is 0 Å². The van der Waals surface area contributed by atoms with Crippen LogP contribution in [0.2, 0.25) is 0 Å². The first-order valence-corrected chi connectivity index (χ1v) is 19.5. The molecule has 0 N–H and O–H groups in total. The summed E-state index contributed by atoms with van der Waals surface area (Å²) in [6.07, 6.45) is 0. The Bertz CT molecular complexity index is 2770. The number of anilines is 6. The molecule has 0 saturated heterocycles. The van der Waals surface area contributed by atoms with E-state index >= 15 is 0 Å². The van der Waals surface area contributed by atoms with Crippen molar-refractivity contribution >= 4 is 77.1 Å². The van der Waals surface area contributed by atoms with Gasteiger partial charge >= 0.3 is 0 Å². The molecule has 0 spiro atoms. The summed E-state index contributed by atoms with van der Waals surface area (Å²) in [5.74, 6) is 0. The molecule has 0 fully saturated rings. The highest BCUT2D eigenvalue weighted by atomic mass is 32.1. The standard InChI is InChI=1S/C52H36N2S/c1-6-20-37(21-7-1)49-47-35-34-42(53(38-22-8-2-9-23-38)39-24-10-3-11-25-39)36-48(47)55-52(49)50-43-30-16-18-32-45(43)51(46-33-19-17-31-44(46)50)54(40-26-12-4-13-27-40)41-28-14-5-15-29-41/h1-36H. The molecule has 1 heterocycles. The van der Waals surface area contributed by atoms with Gasteiger partial charge in [0.2, 0.25) is 0 Å². The zero-order valence-electron chi connectivity index (χ0n) is 30.1. The van der Waals surface area contributed by atoms with Crippen LogP contribution >= 0.6 is 11.3 Å². The molecule has 0 saturated carbocycles. The summed E-state index contributed by atoms with van der Waals surface area (Å²) in [6.45, 7) is 0. The molecule has 0 atom stereocenters. The lowest BCUT2D eigenvalue weighted by molar-refractivity contribution is 1.29. The maximum atomic E-state index is 2.42.